The lowest BCUT2D eigenvalue weighted by molar-refractivity contribution is -0.134. The maximum atomic E-state index is 12.0. The van der Waals surface area contributed by atoms with Crippen molar-refractivity contribution in [3.63, 3.8) is 0 Å². The minimum absolute atomic E-state index is 0.345. The molecule has 0 saturated heterocycles. The molecule has 8 heteroatoms. The van der Waals surface area contributed by atoms with Gasteiger partial charge in [0.15, 0.2) is 0 Å². The molecule has 0 spiro atoms. The van der Waals surface area contributed by atoms with Gasteiger partial charge in [0.1, 0.15) is 0 Å². The van der Waals surface area contributed by atoms with Gasteiger partial charge in [-0.25, -0.2) is 8.42 Å². The van der Waals surface area contributed by atoms with Crippen LogP contribution in [-0.4, -0.2) is 26.3 Å². The van der Waals surface area contributed by atoms with Crippen molar-refractivity contribution in [2.75, 3.05) is 5.75 Å². The van der Waals surface area contributed by atoms with Crippen LogP contribution in [-0.2, 0) is 14.8 Å². The van der Waals surface area contributed by atoms with Crippen LogP contribution in [0, 0.1) is 17.8 Å². The van der Waals surface area contributed by atoms with Crippen molar-refractivity contribution in [3.05, 3.63) is 0 Å². The normalized spacial score (nSPS) is 27.4. The molecule has 1 aliphatic carbocycles. The molecule has 4 nitrogen and oxygen atoms in total. The number of sulfonamides is 1. The number of hydrogen-bond acceptors (Lipinski definition) is 3. The molecule has 0 aromatic carbocycles. The molecule has 2 atom stereocenters. The smallest absolute Gasteiger partial charge is 0.274 e. The molecule has 124 valence electrons. The molecule has 1 saturated carbocycles. The first-order valence-electron chi connectivity index (χ1n) is 7.09. The van der Waals surface area contributed by atoms with Crippen LogP contribution in [0.1, 0.15) is 46.0 Å². The average Bonchev–Trinajstić information content (AvgIpc) is 2.24. The number of nitrogens with one attached hydrogen (secondary N) is 1. The van der Waals surface area contributed by atoms with Gasteiger partial charge in [-0.15, -0.1) is 0 Å². The molecule has 0 aromatic heterocycles. The van der Waals surface area contributed by atoms with E-state index in [1.54, 1.807) is 0 Å². The second kappa shape index (κ2) is 6.98. The van der Waals surface area contributed by atoms with E-state index in [-0.39, 0.29) is 5.92 Å². The summed E-state index contributed by atoms with van der Waals surface area (Å²) in [6, 6.07) is 0. The molecule has 1 N–H and O–H groups in total. The van der Waals surface area contributed by atoms with Gasteiger partial charge in [-0.3, -0.25) is 9.52 Å². The van der Waals surface area contributed by atoms with Crippen LogP contribution in [0.3, 0.4) is 0 Å². The largest absolute Gasteiger partial charge is 0.389 e. The minimum atomic E-state index is -4.38. The van der Waals surface area contributed by atoms with E-state index in [0.717, 1.165) is 6.42 Å². The number of alkyl halides is 3. The standard InChI is InChI=1S/C13H22F3NO3S/c1-9-6-10(2)8-11(7-9)12(18)17-21(19,20)5-3-4-13(14,15)16/h9-11H,3-8H2,1-2H3,(H,17,18)/t9-,10-/m0/s1. The Balaban J connectivity index is 2.49. The van der Waals surface area contributed by atoms with Crippen molar-refractivity contribution < 1.29 is 26.4 Å². The van der Waals surface area contributed by atoms with Crippen LogP contribution < -0.4 is 4.72 Å². The zero-order chi connectivity index (χ0) is 16.3. The van der Waals surface area contributed by atoms with Crippen molar-refractivity contribution >= 4 is 15.9 Å². The Bertz CT molecular complexity index is 452. The zero-order valence-electron chi connectivity index (χ0n) is 12.2. The van der Waals surface area contributed by atoms with Gasteiger partial charge in [-0.1, -0.05) is 13.8 Å². The molecular weight excluding hydrogens is 307 g/mol. The maximum Gasteiger partial charge on any atom is 0.389 e. The Kier molecular flexibility index (Phi) is 6.07. The van der Waals surface area contributed by atoms with Crippen molar-refractivity contribution in [2.24, 2.45) is 17.8 Å². The Morgan fingerprint density at radius 1 is 1.14 bits per heavy atom. The highest BCUT2D eigenvalue weighted by molar-refractivity contribution is 7.90. The molecule has 0 aliphatic heterocycles. The number of carbonyl (C=O) groups is 1. The Morgan fingerprint density at radius 2 is 1.67 bits per heavy atom. The van der Waals surface area contributed by atoms with Crippen molar-refractivity contribution in [1.29, 1.82) is 0 Å². The summed E-state index contributed by atoms with van der Waals surface area (Å²) in [4.78, 5) is 12.0. The van der Waals surface area contributed by atoms with Crippen LogP contribution in [0.4, 0.5) is 13.2 Å². The van der Waals surface area contributed by atoms with Gasteiger partial charge >= 0.3 is 6.18 Å². The van der Waals surface area contributed by atoms with Gasteiger partial charge in [0.05, 0.1) is 5.75 Å². The predicted molar refractivity (Wildman–Crippen MR) is 72.9 cm³/mol. The van der Waals surface area contributed by atoms with Crippen molar-refractivity contribution in [1.82, 2.24) is 4.72 Å². The van der Waals surface area contributed by atoms with Gasteiger partial charge in [0.2, 0.25) is 15.9 Å². The van der Waals surface area contributed by atoms with E-state index < -0.39 is 40.7 Å². The monoisotopic (exact) mass is 329 g/mol. The lowest BCUT2D eigenvalue weighted by atomic mass is 9.76. The fourth-order valence-corrected chi connectivity index (χ4v) is 4.01. The molecule has 1 fully saturated rings. The highest BCUT2D eigenvalue weighted by atomic mass is 32.2. The van der Waals surface area contributed by atoms with Gasteiger partial charge in [0, 0.05) is 12.3 Å². The highest BCUT2D eigenvalue weighted by Crippen LogP contribution is 2.33. The first kappa shape index (κ1) is 18.3. The fourth-order valence-electron chi connectivity index (χ4n) is 2.91. The predicted octanol–water partition coefficient (Wildman–Crippen LogP) is 2.85. The molecule has 1 amide bonds. The first-order chi connectivity index (χ1) is 9.48. The third kappa shape index (κ3) is 7.15. The summed E-state index contributed by atoms with van der Waals surface area (Å²) in [6.45, 7) is 4.02. The number of carbonyl (C=O) groups excluding carboxylic acids is 1. The number of halogens is 3. The van der Waals surface area contributed by atoms with Crippen LogP contribution in [0.15, 0.2) is 0 Å². The van der Waals surface area contributed by atoms with E-state index in [4.69, 9.17) is 0 Å². The molecule has 0 radical (unpaired) electrons. The van der Waals surface area contributed by atoms with E-state index >= 15 is 0 Å². The van der Waals surface area contributed by atoms with Gasteiger partial charge < -0.3 is 0 Å². The van der Waals surface area contributed by atoms with Crippen LogP contribution in [0.25, 0.3) is 0 Å². The molecular formula is C13H22F3NO3S. The zero-order valence-corrected chi connectivity index (χ0v) is 13.1. The summed E-state index contributed by atoms with van der Waals surface area (Å²) in [5.41, 5.74) is 0. The second-order valence-electron chi connectivity index (χ2n) is 6.12. The van der Waals surface area contributed by atoms with Crippen molar-refractivity contribution in [2.45, 2.75) is 52.1 Å². The summed E-state index contributed by atoms with van der Waals surface area (Å²) in [7, 11) is -3.99. The molecule has 0 bridgehead atoms. The second-order valence-corrected chi connectivity index (χ2v) is 7.96. The summed E-state index contributed by atoms with van der Waals surface area (Å²) in [5, 5.41) is 0. The average molecular weight is 329 g/mol. The van der Waals surface area contributed by atoms with Crippen LogP contribution in [0.5, 0.6) is 0 Å². The Hall–Kier alpha value is -0.790. The summed E-state index contributed by atoms with van der Waals surface area (Å²) < 4.78 is 61.1. The molecule has 1 aliphatic rings. The molecule has 0 heterocycles. The summed E-state index contributed by atoms with van der Waals surface area (Å²) in [6.07, 6.45) is -3.85. The number of hydrogen-bond donors (Lipinski definition) is 1. The van der Waals surface area contributed by atoms with E-state index in [1.807, 2.05) is 18.6 Å². The topological polar surface area (TPSA) is 63.2 Å². The van der Waals surface area contributed by atoms with Crippen LogP contribution >= 0.6 is 0 Å². The van der Waals surface area contributed by atoms with Crippen molar-refractivity contribution in [3.8, 4) is 0 Å². The van der Waals surface area contributed by atoms with Gasteiger partial charge in [-0.05, 0) is 37.5 Å². The number of amides is 1. The molecule has 1 rings (SSSR count). The van der Waals surface area contributed by atoms with E-state index in [0.29, 0.717) is 24.7 Å². The van der Waals surface area contributed by atoms with E-state index in [9.17, 15) is 26.4 Å². The van der Waals surface area contributed by atoms with Gasteiger partial charge in [0.25, 0.3) is 0 Å². The van der Waals surface area contributed by atoms with Gasteiger partial charge in [-0.2, -0.15) is 13.2 Å². The fraction of sp³-hybridized carbons (Fsp3) is 0.923. The third-order valence-corrected chi connectivity index (χ3v) is 5.02. The SMILES string of the molecule is C[C@@H]1CC(C(=O)NS(=O)(=O)CCCC(F)(F)F)C[C@@H](C)C1. The summed E-state index contributed by atoms with van der Waals surface area (Å²) in [5.74, 6) is -0.952. The first-order valence-corrected chi connectivity index (χ1v) is 8.75. The summed E-state index contributed by atoms with van der Waals surface area (Å²) >= 11 is 0. The quantitative estimate of drug-likeness (QED) is 0.843. The molecule has 0 aromatic rings. The number of rotatable bonds is 5. The molecule has 0 unspecified atom stereocenters. The molecule has 21 heavy (non-hydrogen) atoms. The Labute approximate surface area is 123 Å². The van der Waals surface area contributed by atoms with E-state index in [2.05, 4.69) is 0 Å². The minimum Gasteiger partial charge on any atom is -0.274 e. The van der Waals surface area contributed by atoms with Crippen LogP contribution in [0.2, 0.25) is 0 Å². The highest BCUT2D eigenvalue weighted by Gasteiger charge is 2.32. The van der Waals surface area contributed by atoms with E-state index in [1.165, 1.54) is 0 Å². The maximum absolute atomic E-state index is 12.0. The lowest BCUT2D eigenvalue weighted by Crippen LogP contribution is -2.39. The lowest BCUT2D eigenvalue weighted by Gasteiger charge is -2.30. The Morgan fingerprint density at radius 3 is 2.14 bits per heavy atom. The third-order valence-electron chi connectivity index (χ3n) is 3.68.